The fourth-order valence-electron chi connectivity index (χ4n) is 2.28. The number of carbonyl (C=O) groups excluding carboxylic acids is 1. The topological polar surface area (TPSA) is 77.2 Å². The summed E-state index contributed by atoms with van der Waals surface area (Å²) in [5, 5.41) is 6.19. The molecular formula is C19H14F3N3O3. The maximum atomic E-state index is 13.7. The molecule has 0 aliphatic rings. The third kappa shape index (κ3) is 4.97. The van der Waals surface area contributed by atoms with Gasteiger partial charge < -0.3 is 14.6 Å². The van der Waals surface area contributed by atoms with Gasteiger partial charge in [0.25, 0.3) is 5.89 Å². The van der Waals surface area contributed by atoms with Crippen molar-refractivity contribution in [3.8, 4) is 17.2 Å². The van der Waals surface area contributed by atoms with Gasteiger partial charge in [0.05, 0.1) is 12.1 Å². The molecule has 2 aromatic carbocycles. The Morgan fingerprint density at radius 1 is 1.18 bits per heavy atom. The van der Waals surface area contributed by atoms with Crippen LogP contribution < -0.4 is 10.1 Å². The lowest BCUT2D eigenvalue weighted by Crippen LogP contribution is -2.20. The summed E-state index contributed by atoms with van der Waals surface area (Å²) in [4.78, 5) is 15.9. The van der Waals surface area contributed by atoms with E-state index in [1.165, 1.54) is 36.4 Å². The van der Waals surface area contributed by atoms with E-state index in [1.807, 2.05) is 0 Å². The molecule has 0 atom stereocenters. The summed E-state index contributed by atoms with van der Waals surface area (Å²) in [5.41, 5.74) is 0.474. The number of hydrogen-bond donors (Lipinski definition) is 1. The van der Waals surface area contributed by atoms with Crippen LogP contribution in [0.25, 0.3) is 17.5 Å². The van der Waals surface area contributed by atoms with E-state index < -0.39 is 18.3 Å². The van der Waals surface area contributed by atoms with E-state index >= 15 is 0 Å². The molecule has 0 spiro atoms. The minimum Gasteiger partial charge on any atom is -0.434 e. The van der Waals surface area contributed by atoms with Crippen LogP contribution in [0.15, 0.2) is 59.1 Å². The van der Waals surface area contributed by atoms with Crippen molar-refractivity contribution in [1.29, 1.82) is 0 Å². The number of para-hydroxylation sites is 1. The number of aromatic nitrogens is 2. The van der Waals surface area contributed by atoms with Gasteiger partial charge in [-0.15, -0.1) is 0 Å². The molecule has 1 N–H and O–H groups in total. The Bertz CT molecular complexity index is 989. The first-order valence-corrected chi connectivity index (χ1v) is 8.10. The first-order chi connectivity index (χ1) is 13.5. The van der Waals surface area contributed by atoms with Gasteiger partial charge in [-0.3, -0.25) is 4.79 Å². The van der Waals surface area contributed by atoms with Crippen molar-refractivity contribution in [3.63, 3.8) is 0 Å². The van der Waals surface area contributed by atoms with Crippen molar-refractivity contribution in [3.05, 3.63) is 71.8 Å². The number of rotatable bonds is 7. The minimum absolute atomic E-state index is 0.00373. The van der Waals surface area contributed by atoms with Crippen LogP contribution in [0.5, 0.6) is 5.75 Å². The number of hydrogen-bond acceptors (Lipinski definition) is 5. The summed E-state index contributed by atoms with van der Waals surface area (Å²) in [6.07, 6.45) is 2.50. The molecule has 0 unspecified atom stereocenters. The molecule has 28 heavy (non-hydrogen) atoms. The van der Waals surface area contributed by atoms with Gasteiger partial charge in [0, 0.05) is 11.6 Å². The van der Waals surface area contributed by atoms with Crippen molar-refractivity contribution < 1.29 is 27.2 Å². The molecule has 6 nitrogen and oxygen atoms in total. The van der Waals surface area contributed by atoms with Gasteiger partial charge in [0.2, 0.25) is 5.91 Å². The first-order valence-electron chi connectivity index (χ1n) is 8.10. The molecule has 3 rings (SSSR count). The largest absolute Gasteiger partial charge is 0.434 e. The second-order valence-corrected chi connectivity index (χ2v) is 5.46. The number of halogens is 3. The van der Waals surface area contributed by atoms with E-state index in [0.717, 1.165) is 6.08 Å². The molecule has 144 valence electrons. The van der Waals surface area contributed by atoms with Crippen molar-refractivity contribution in [2.24, 2.45) is 0 Å². The van der Waals surface area contributed by atoms with E-state index in [9.17, 15) is 18.0 Å². The molecule has 0 bridgehead atoms. The highest BCUT2D eigenvalue weighted by Crippen LogP contribution is 2.22. The summed E-state index contributed by atoms with van der Waals surface area (Å²) in [6, 6.07) is 12.0. The van der Waals surface area contributed by atoms with E-state index in [0.29, 0.717) is 5.56 Å². The maximum absolute atomic E-state index is 13.7. The number of benzene rings is 2. The summed E-state index contributed by atoms with van der Waals surface area (Å²) in [6.45, 7) is -3.03. The zero-order valence-electron chi connectivity index (χ0n) is 14.3. The number of nitrogens with zero attached hydrogens (tertiary/aromatic N) is 2. The second-order valence-electron chi connectivity index (χ2n) is 5.46. The Labute approximate surface area is 157 Å². The maximum Gasteiger partial charge on any atom is 0.387 e. The van der Waals surface area contributed by atoms with Gasteiger partial charge >= 0.3 is 6.61 Å². The quantitative estimate of drug-likeness (QED) is 0.622. The molecule has 1 heterocycles. The molecular weight excluding hydrogens is 375 g/mol. The Hall–Kier alpha value is -3.62. The Balaban J connectivity index is 1.60. The van der Waals surface area contributed by atoms with Gasteiger partial charge in [-0.05, 0) is 24.3 Å². The van der Waals surface area contributed by atoms with E-state index in [4.69, 9.17) is 4.52 Å². The third-order valence-corrected chi connectivity index (χ3v) is 3.54. The van der Waals surface area contributed by atoms with Crippen LogP contribution in [0, 0.1) is 5.82 Å². The average molecular weight is 389 g/mol. The van der Waals surface area contributed by atoms with Crippen LogP contribution in [-0.2, 0) is 11.3 Å². The predicted octanol–water partition coefficient (Wildman–Crippen LogP) is 3.81. The standard InChI is InChI=1S/C19H14F3N3O3/c20-14-7-3-2-6-13(14)18-24-16(25-28-18)11-23-17(26)10-9-12-5-1-4-8-15(12)27-19(21)22/h1-10,19H,11H2,(H,23,26)/b10-9+. The first kappa shape index (κ1) is 19.2. The van der Waals surface area contributed by atoms with Crippen molar-refractivity contribution in [2.45, 2.75) is 13.2 Å². The predicted molar refractivity (Wildman–Crippen MR) is 93.6 cm³/mol. The Morgan fingerprint density at radius 3 is 2.71 bits per heavy atom. The Morgan fingerprint density at radius 2 is 1.93 bits per heavy atom. The number of alkyl halides is 2. The lowest BCUT2D eigenvalue weighted by molar-refractivity contribution is -0.116. The molecule has 0 aliphatic heterocycles. The SMILES string of the molecule is O=C(/C=C/c1ccccc1OC(F)F)NCc1noc(-c2ccccc2F)n1. The highest BCUT2D eigenvalue weighted by atomic mass is 19.3. The number of carbonyl (C=O) groups is 1. The smallest absolute Gasteiger partial charge is 0.387 e. The van der Waals surface area contributed by atoms with Crippen LogP contribution in [0.1, 0.15) is 11.4 Å². The van der Waals surface area contributed by atoms with E-state index in [-0.39, 0.29) is 29.6 Å². The van der Waals surface area contributed by atoms with Gasteiger partial charge in [0.1, 0.15) is 11.6 Å². The second kappa shape index (κ2) is 8.85. The molecule has 0 aliphatic carbocycles. The zero-order valence-corrected chi connectivity index (χ0v) is 14.3. The zero-order chi connectivity index (χ0) is 19.9. The van der Waals surface area contributed by atoms with E-state index in [2.05, 4.69) is 20.2 Å². The summed E-state index contributed by atoms with van der Waals surface area (Å²) in [5.74, 6) is -0.912. The van der Waals surface area contributed by atoms with Crippen molar-refractivity contribution in [2.75, 3.05) is 0 Å². The normalized spacial score (nSPS) is 11.1. The van der Waals surface area contributed by atoms with Gasteiger partial charge in [0.15, 0.2) is 5.82 Å². The molecule has 3 aromatic rings. The van der Waals surface area contributed by atoms with Gasteiger partial charge in [-0.1, -0.05) is 35.5 Å². The van der Waals surface area contributed by atoms with Crippen LogP contribution in [0.2, 0.25) is 0 Å². The van der Waals surface area contributed by atoms with Crippen molar-refractivity contribution >= 4 is 12.0 Å². The number of ether oxygens (including phenoxy) is 1. The highest BCUT2D eigenvalue weighted by Gasteiger charge is 2.13. The third-order valence-electron chi connectivity index (χ3n) is 3.54. The molecule has 0 saturated carbocycles. The molecule has 0 saturated heterocycles. The molecule has 0 fully saturated rings. The molecule has 0 radical (unpaired) electrons. The van der Waals surface area contributed by atoms with Crippen LogP contribution in [-0.4, -0.2) is 22.7 Å². The van der Waals surface area contributed by atoms with Crippen LogP contribution >= 0.6 is 0 Å². The lowest BCUT2D eigenvalue weighted by atomic mass is 10.2. The number of amides is 1. The van der Waals surface area contributed by atoms with E-state index in [1.54, 1.807) is 18.2 Å². The fourth-order valence-corrected chi connectivity index (χ4v) is 2.28. The molecule has 1 aromatic heterocycles. The lowest BCUT2D eigenvalue weighted by Gasteiger charge is -2.07. The van der Waals surface area contributed by atoms with Crippen LogP contribution in [0.4, 0.5) is 13.2 Å². The summed E-state index contributed by atoms with van der Waals surface area (Å²) in [7, 11) is 0. The minimum atomic E-state index is -2.97. The summed E-state index contributed by atoms with van der Waals surface area (Å²) < 4.78 is 47.8. The fraction of sp³-hybridized carbons (Fsp3) is 0.105. The van der Waals surface area contributed by atoms with Gasteiger partial charge in [-0.25, -0.2) is 4.39 Å². The van der Waals surface area contributed by atoms with Crippen molar-refractivity contribution in [1.82, 2.24) is 15.5 Å². The Kier molecular flexibility index (Phi) is 6.05. The summed E-state index contributed by atoms with van der Waals surface area (Å²) >= 11 is 0. The molecule has 9 heteroatoms. The highest BCUT2D eigenvalue weighted by molar-refractivity contribution is 5.92. The van der Waals surface area contributed by atoms with Crippen LogP contribution in [0.3, 0.4) is 0 Å². The average Bonchev–Trinajstić information content (AvgIpc) is 3.14. The van der Waals surface area contributed by atoms with Gasteiger partial charge in [-0.2, -0.15) is 13.8 Å². The number of nitrogens with one attached hydrogen (secondary N) is 1. The molecule has 1 amide bonds. The monoisotopic (exact) mass is 389 g/mol.